The van der Waals surface area contributed by atoms with Crippen molar-refractivity contribution in [2.45, 2.75) is 30.8 Å². The Kier molecular flexibility index (Phi) is 5.92. The molecule has 0 fully saturated rings. The topological polar surface area (TPSA) is 20.2 Å². The zero-order valence-electron chi connectivity index (χ0n) is 12.5. The average Bonchev–Trinajstić information content (AvgIpc) is 2.54. The van der Waals surface area contributed by atoms with E-state index in [4.69, 9.17) is 0 Å². The smallest absolute Gasteiger partial charge is 0.140 e. The molecule has 0 spiro atoms. The van der Waals surface area contributed by atoms with Crippen LogP contribution in [-0.4, -0.2) is 11.4 Å². The quantitative estimate of drug-likeness (QED) is 0.664. The third kappa shape index (κ3) is 4.67. The molecule has 108 valence electrons. The van der Waals surface area contributed by atoms with Gasteiger partial charge in [-0.15, -0.1) is 11.8 Å². The van der Waals surface area contributed by atoms with Crippen LogP contribution in [0.2, 0.25) is 0 Å². The molecule has 2 rings (SSSR count). The first kappa shape index (κ1) is 15.7. The second kappa shape index (κ2) is 7.93. The van der Waals surface area contributed by atoms with Crippen molar-refractivity contribution in [3.8, 4) is 11.8 Å². The van der Waals surface area contributed by atoms with Crippen molar-refractivity contribution < 1.29 is 5.11 Å². The summed E-state index contributed by atoms with van der Waals surface area (Å²) in [5, 5.41) is 10.1. The average molecular weight is 296 g/mol. The van der Waals surface area contributed by atoms with E-state index in [1.807, 2.05) is 42.7 Å². The Morgan fingerprint density at radius 1 is 1.05 bits per heavy atom. The Balaban J connectivity index is 2.06. The third-order valence-corrected chi connectivity index (χ3v) is 4.02. The summed E-state index contributed by atoms with van der Waals surface area (Å²) in [5.41, 5.74) is 3.08. The first-order chi connectivity index (χ1) is 10.2. The summed E-state index contributed by atoms with van der Waals surface area (Å²) in [6.07, 6.45) is 3.52. The maximum absolute atomic E-state index is 10.1. The van der Waals surface area contributed by atoms with Crippen LogP contribution in [0.25, 0.3) is 0 Å². The van der Waals surface area contributed by atoms with Crippen LogP contribution in [0.5, 0.6) is 0 Å². The predicted octanol–water partition coefficient (Wildman–Crippen LogP) is 4.45. The lowest BCUT2D eigenvalue weighted by Crippen LogP contribution is -1.94. The van der Waals surface area contributed by atoms with Gasteiger partial charge in [0.2, 0.25) is 0 Å². The summed E-state index contributed by atoms with van der Waals surface area (Å²) >= 11 is 1.71. The van der Waals surface area contributed by atoms with E-state index in [0.29, 0.717) is 0 Å². The molecule has 2 aromatic carbocycles. The molecule has 21 heavy (non-hydrogen) atoms. The van der Waals surface area contributed by atoms with Crippen LogP contribution in [0.15, 0.2) is 53.4 Å². The molecule has 0 amide bonds. The molecule has 2 heteroatoms. The fraction of sp³-hybridized carbons (Fsp3) is 0.263. The molecular formula is C19H20OS. The van der Waals surface area contributed by atoms with Gasteiger partial charge in [0.25, 0.3) is 0 Å². The number of aliphatic hydroxyl groups is 1. The summed E-state index contributed by atoms with van der Waals surface area (Å²) in [6.45, 7) is 2.16. The van der Waals surface area contributed by atoms with Crippen LogP contribution in [0, 0.1) is 11.8 Å². The van der Waals surface area contributed by atoms with Crippen molar-refractivity contribution in [2.75, 3.05) is 6.26 Å². The number of benzene rings is 2. The molecule has 1 atom stereocenters. The lowest BCUT2D eigenvalue weighted by molar-refractivity contribution is 0.238. The zero-order valence-corrected chi connectivity index (χ0v) is 13.3. The number of aliphatic hydroxyl groups excluding tert-OH is 1. The van der Waals surface area contributed by atoms with Crippen molar-refractivity contribution in [1.29, 1.82) is 0 Å². The van der Waals surface area contributed by atoms with E-state index in [-0.39, 0.29) is 0 Å². The molecule has 0 radical (unpaired) electrons. The predicted molar refractivity (Wildman–Crippen MR) is 90.5 cm³/mol. The van der Waals surface area contributed by atoms with Crippen LogP contribution in [0.3, 0.4) is 0 Å². The highest BCUT2D eigenvalue weighted by Gasteiger charge is 2.03. The Labute approximate surface area is 131 Å². The normalized spacial score (nSPS) is 11.6. The van der Waals surface area contributed by atoms with Gasteiger partial charge >= 0.3 is 0 Å². The van der Waals surface area contributed by atoms with E-state index in [1.54, 1.807) is 11.8 Å². The molecule has 1 nitrogen and oxygen atoms in total. The van der Waals surface area contributed by atoms with Gasteiger partial charge in [-0.05, 0) is 48.1 Å². The molecular weight excluding hydrogens is 276 g/mol. The summed E-state index contributed by atoms with van der Waals surface area (Å²) in [4.78, 5) is 1.22. The van der Waals surface area contributed by atoms with Crippen LogP contribution in [0.1, 0.15) is 36.1 Å². The fourth-order valence-corrected chi connectivity index (χ4v) is 2.47. The van der Waals surface area contributed by atoms with E-state index < -0.39 is 6.10 Å². The second-order valence-corrected chi connectivity index (χ2v) is 5.77. The summed E-state index contributed by atoms with van der Waals surface area (Å²) in [5.74, 6) is 5.93. The van der Waals surface area contributed by atoms with E-state index in [9.17, 15) is 5.11 Å². The van der Waals surface area contributed by atoms with Gasteiger partial charge < -0.3 is 5.11 Å². The zero-order chi connectivity index (χ0) is 15.1. The monoisotopic (exact) mass is 296 g/mol. The van der Waals surface area contributed by atoms with Gasteiger partial charge in [0.05, 0.1) is 0 Å². The van der Waals surface area contributed by atoms with Gasteiger partial charge in [0.15, 0.2) is 0 Å². The SMILES string of the molecule is CCCc1ccc(C(O)C#Cc2ccc(SC)cc2)cc1. The molecule has 0 saturated heterocycles. The molecule has 1 unspecified atom stereocenters. The van der Waals surface area contributed by atoms with Gasteiger partial charge in [-0.3, -0.25) is 0 Å². The van der Waals surface area contributed by atoms with E-state index in [2.05, 4.69) is 30.9 Å². The van der Waals surface area contributed by atoms with Gasteiger partial charge in [0, 0.05) is 10.5 Å². The maximum atomic E-state index is 10.1. The Hall–Kier alpha value is -1.69. The van der Waals surface area contributed by atoms with E-state index in [0.717, 1.165) is 24.0 Å². The molecule has 1 N–H and O–H groups in total. The summed E-state index contributed by atoms with van der Waals surface area (Å²) in [6, 6.07) is 16.1. The van der Waals surface area contributed by atoms with Crippen LogP contribution in [0.4, 0.5) is 0 Å². The Morgan fingerprint density at radius 2 is 1.71 bits per heavy atom. The molecule has 2 aromatic rings. The first-order valence-corrected chi connectivity index (χ1v) is 8.38. The fourth-order valence-electron chi connectivity index (χ4n) is 2.06. The molecule has 0 aromatic heterocycles. The summed E-state index contributed by atoms with van der Waals surface area (Å²) in [7, 11) is 0. The first-order valence-electron chi connectivity index (χ1n) is 7.15. The lowest BCUT2D eigenvalue weighted by atomic mass is 10.0. The second-order valence-electron chi connectivity index (χ2n) is 4.89. The number of aryl methyl sites for hydroxylation is 1. The largest absolute Gasteiger partial charge is 0.376 e. The van der Waals surface area contributed by atoms with Crippen LogP contribution in [-0.2, 0) is 6.42 Å². The minimum Gasteiger partial charge on any atom is -0.376 e. The maximum Gasteiger partial charge on any atom is 0.140 e. The van der Waals surface area contributed by atoms with E-state index >= 15 is 0 Å². The highest BCUT2D eigenvalue weighted by Crippen LogP contribution is 2.16. The van der Waals surface area contributed by atoms with Crippen LogP contribution >= 0.6 is 11.8 Å². The van der Waals surface area contributed by atoms with Gasteiger partial charge in [0.1, 0.15) is 6.10 Å². The third-order valence-electron chi connectivity index (χ3n) is 3.28. The molecule has 0 aliphatic carbocycles. The molecule has 0 bridgehead atoms. The minimum atomic E-state index is -0.735. The van der Waals surface area contributed by atoms with Gasteiger partial charge in [-0.25, -0.2) is 0 Å². The van der Waals surface area contributed by atoms with Crippen molar-refractivity contribution in [3.63, 3.8) is 0 Å². The number of hydrogen-bond acceptors (Lipinski definition) is 2. The minimum absolute atomic E-state index is 0.735. The van der Waals surface area contributed by atoms with Crippen molar-refractivity contribution >= 4 is 11.8 Å². The Bertz CT molecular complexity index is 617. The van der Waals surface area contributed by atoms with Crippen molar-refractivity contribution in [2.24, 2.45) is 0 Å². The number of thioether (sulfide) groups is 1. The Morgan fingerprint density at radius 3 is 2.29 bits per heavy atom. The van der Waals surface area contributed by atoms with Gasteiger partial charge in [-0.1, -0.05) is 49.5 Å². The number of hydrogen-bond donors (Lipinski definition) is 1. The summed E-state index contributed by atoms with van der Waals surface area (Å²) < 4.78 is 0. The van der Waals surface area contributed by atoms with E-state index in [1.165, 1.54) is 10.5 Å². The number of rotatable bonds is 4. The van der Waals surface area contributed by atoms with Crippen LogP contribution < -0.4 is 0 Å². The molecule has 0 heterocycles. The standard InChI is InChI=1S/C19H20OS/c1-3-4-15-5-10-17(11-6-15)19(20)14-9-16-7-12-18(21-2)13-8-16/h5-8,10-13,19-20H,3-4H2,1-2H3. The molecule has 0 saturated carbocycles. The lowest BCUT2D eigenvalue weighted by Gasteiger charge is -2.05. The molecule has 0 aliphatic rings. The molecule has 0 aliphatic heterocycles. The van der Waals surface area contributed by atoms with Gasteiger partial charge in [-0.2, -0.15) is 0 Å². The highest BCUT2D eigenvalue weighted by atomic mass is 32.2. The van der Waals surface area contributed by atoms with Crippen molar-refractivity contribution in [1.82, 2.24) is 0 Å². The highest BCUT2D eigenvalue weighted by molar-refractivity contribution is 7.98. The van der Waals surface area contributed by atoms with Crippen molar-refractivity contribution in [3.05, 3.63) is 65.2 Å².